The predicted octanol–water partition coefficient (Wildman–Crippen LogP) is 3.25. The fourth-order valence-corrected chi connectivity index (χ4v) is 2.08. The molecule has 0 radical (unpaired) electrons. The molecule has 0 heterocycles. The Bertz CT molecular complexity index is 753. The monoisotopic (exact) mass is 326 g/mol. The van der Waals surface area contributed by atoms with Gasteiger partial charge in [-0.1, -0.05) is 12.1 Å². The van der Waals surface area contributed by atoms with Gasteiger partial charge in [-0.05, 0) is 37.3 Å². The van der Waals surface area contributed by atoms with Gasteiger partial charge in [-0.2, -0.15) is 5.26 Å². The standard InChI is InChI=1S/C18H18N2O4/c1-3-23-15-7-5-4-6-14(15)20-18(21)13-8-9-16(24-11-10-19)17(12-13)22-2/h4-9,12H,3,11H2,1-2H3,(H,20,21). The van der Waals surface area contributed by atoms with Crippen molar-refractivity contribution in [3.63, 3.8) is 0 Å². The van der Waals surface area contributed by atoms with Crippen LogP contribution in [0.15, 0.2) is 42.5 Å². The normalized spacial score (nSPS) is 9.71. The zero-order chi connectivity index (χ0) is 17.4. The number of nitrogens with one attached hydrogen (secondary N) is 1. The van der Waals surface area contributed by atoms with E-state index in [1.807, 2.05) is 25.1 Å². The van der Waals surface area contributed by atoms with E-state index in [0.29, 0.717) is 35.1 Å². The first-order chi connectivity index (χ1) is 11.7. The molecule has 0 aromatic heterocycles. The largest absolute Gasteiger partial charge is 0.493 e. The van der Waals surface area contributed by atoms with Crippen molar-refractivity contribution in [2.75, 3.05) is 25.6 Å². The lowest BCUT2D eigenvalue weighted by molar-refractivity contribution is 0.102. The number of ether oxygens (including phenoxy) is 3. The smallest absolute Gasteiger partial charge is 0.255 e. The number of benzene rings is 2. The van der Waals surface area contributed by atoms with E-state index >= 15 is 0 Å². The van der Waals surface area contributed by atoms with Crippen LogP contribution in [0.25, 0.3) is 0 Å². The van der Waals surface area contributed by atoms with Crippen LogP contribution in [0.4, 0.5) is 5.69 Å². The molecular formula is C18H18N2O4. The Morgan fingerprint density at radius 1 is 1.12 bits per heavy atom. The summed E-state index contributed by atoms with van der Waals surface area (Å²) in [6, 6.07) is 13.9. The molecule has 2 aromatic carbocycles. The lowest BCUT2D eigenvalue weighted by atomic mass is 10.1. The summed E-state index contributed by atoms with van der Waals surface area (Å²) in [6.07, 6.45) is 0. The van der Waals surface area contributed by atoms with Crippen molar-refractivity contribution in [3.05, 3.63) is 48.0 Å². The number of carbonyl (C=O) groups excluding carboxylic acids is 1. The lowest BCUT2D eigenvalue weighted by Crippen LogP contribution is -2.13. The number of methoxy groups -OCH3 is 1. The van der Waals surface area contributed by atoms with Gasteiger partial charge in [-0.15, -0.1) is 0 Å². The Hall–Kier alpha value is -3.20. The third-order valence-electron chi connectivity index (χ3n) is 3.15. The van der Waals surface area contributed by atoms with E-state index in [4.69, 9.17) is 19.5 Å². The van der Waals surface area contributed by atoms with Gasteiger partial charge in [-0.25, -0.2) is 0 Å². The number of hydrogen-bond donors (Lipinski definition) is 1. The number of para-hydroxylation sites is 2. The Morgan fingerprint density at radius 3 is 2.62 bits per heavy atom. The number of amides is 1. The molecule has 6 heteroatoms. The molecule has 0 saturated heterocycles. The molecule has 0 spiro atoms. The number of carbonyl (C=O) groups is 1. The topological polar surface area (TPSA) is 80.6 Å². The van der Waals surface area contributed by atoms with Gasteiger partial charge in [0.15, 0.2) is 18.1 Å². The van der Waals surface area contributed by atoms with Gasteiger partial charge in [0.1, 0.15) is 11.8 Å². The summed E-state index contributed by atoms with van der Waals surface area (Å²) in [6.45, 7) is 2.29. The quantitative estimate of drug-likeness (QED) is 0.845. The zero-order valence-electron chi connectivity index (χ0n) is 13.5. The van der Waals surface area contributed by atoms with Gasteiger partial charge in [0, 0.05) is 5.56 Å². The Kier molecular flexibility index (Phi) is 6.03. The fraction of sp³-hybridized carbons (Fsp3) is 0.222. The van der Waals surface area contributed by atoms with Crippen LogP contribution in [-0.4, -0.2) is 26.2 Å². The van der Waals surface area contributed by atoms with Crippen LogP contribution in [-0.2, 0) is 0 Å². The van der Waals surface area contributed by atoms with Crippen molar-refractivity contribution < 1.29 is 19.0 Å². The highest BCUT2D eigenvalue weighted by Gasteiger charge is 2.13. The maximum absolute atomic E-state index is 12.4. The average molecular weight is 326 g/mol. The summed E-state index contributed by atoms with van der Waals surface area (Å²) in [5.41, 5.74) is 0.996. The fourth-order valence-electron chi connectivity index (χ4n) is 2.08. The molecule has 1 N–H and O–H groups in total. The second kappa shape index (κ2) is 8.44. The van der Waals surface area contributed by atoms with E-state index in [0.717, 1.165) is 0 Å². The molecule has 124 valence electrons. The van der Waals surface area contributed by atoms with Crippen molar-refractivity contribution in [1.29, 1.82) is 5.26 Å². The van der Waals surface area contributed by atoms with Crippen LogP contribution in [0.5, 0.6) is 17.2 Å². The van der Waals surface area contributed by atoms with Crippen molar-refractivity contribution in [3.8, 4) is 23.3 Å². The summed E-state index contributed by atoms with van der Waals surface area (Å²) >= 11 is 0. The number of nitrogens with zero attached hydrogens (tertiary/aromatic N) is 1. The molecule has 0 fully saturated rings. The van der Waals surface area contributed by atoms with Crippen LogP contribution in [0, 0.1) is 11.3 Å². The third-order valence-corrected chi connectivity index (χ3v) is 3.15. The van der Waals surface area contributed by atoms with E-state index in [1.165, 1.54) is 7.11 Å². The number of nitriles is 1. The van der Waals surface area contributed by atoms with Crippen LogP contribution in [0.3, 0.4) is 0 Å². The first kappa shape index (κ1) is 17.2. The third kappa shape index (κ3) is 4.17. The molecule has 2 aromatic rings. The predicted molar refractivity (Wildman–Crippen MR) is 89.7 cm³/mol. The van der Waals surface area contributed by atoms with Crippen molar-refractivity contribution in [2.24, 2.45) is 0 Å². The summed E-state index contributed by atoms with van der Waals surface area (Å²) in [7, 11) is 1.47. The maximum Gasteiger partial charge on any atom is 0.255 e. The average Bonchev–Trinajstić information content (AvgIpc) is 2.61. The SMILES string of the molecule is CCOc1ccccc1NC(=O)c1ccc(OCC#N)c(OC)c1. The molecule has 0 atom stereocenters. The second-order valence-corrected chi connectivity index (χ2v) is 4.70. The number of hydrogen-bond acceptors (Lipinski definition) is 5. The van der Waals surface area contributed by atoms with E-state index in [9.17, 15) is 4.79 Å². The second-order valence-electron chi connectivity index (χ2n) is 4.70. The van der Waals surface area contributed by atoms with E-state index in [-0.39, 0.29) is 12.5 Å². The maximum atomic E-state index is 12.4. The lowest BCUT2D eigenvalue weighted by Gasteiger charge is -2.13. The van der Waals surface area contributed by atoms with Crippen LogP contribution >= 0.6 is 0 Å². The van der Waals surface area contributed by atoms with Gasteiger partial charge in [0.05, 0.1) is 19.4 Å². The molecule has 2 rings (SSSR count). The van der Waals surface area contributed by atoms with Gasteiger partial charge < -0.3 is 19.5 Å². The minimum atomic E-state index is -0.299. The Labute approximate surface area is 140 Å². The number of rotatable bonds is 7. The first-order valence-corrected chi connectivity index (χ1v) is 7.40. The van der Waals surface area contributed by atoms with E-state index < -0.39 is 0 Å². The van der Waals surface area contributed by atoms with Crippen molar-refractivity contribution >= 4 is 11.6 Å². The molecule has 6 nitrogen and oxygen atoms in total. The van der Waals surface area contributed by atoms with Gasteiger partial charge in [0.2, 0.25) is 0 Å². The van der Waals surface area contributed by atoms with Crippen molar-refractivity contribution in [2.45, 2.75) is 6.92 Å². The zero-order valence-corrected chi connectivity index (χ0v) is 13.5. The van der Waals surface area contributed by atoms with Gasteiger partial charge in [-0.3, -0.25) is 4.79 Å². The Morgan fingerprint density at radius 2 is 1.92 bits per heavy atom. The van der Waals surface area contributed by atoms with Crippen LogP contribution in [0.1, 0.15) is 17.3 Å². The molecule has 0 aliphatic heterocycles. The summed E-state index contributed by atoms with van der Waals surface area (Å²) in [5, 5.41) is 11.4. The van der Waals surface area contributed by atoms with Crippen LogP contribution < -0.4 is 19.5 Å². The minimum Gasteiger partial charge on any atom is -0.493 e. The highest BCUT2D eigenvalue weighted by atomic mass is 16.5. The van der Waals surface area contributed by atoms with Gasteiger partial charge in [0.25, 0.3) is 5.91 Å². The van der Waals surface area contributed by atoms with Crippen LogP contribution in [0.2, 0.25) is 0 Å². The van der Waals surface area contributed by atoms with E-state index in [2.05, 4.69) is 5.32 Å². The molecule has 1 amide bonds. The molecule has 0 aliphatic carbocycles. The minimum absolute atomic E-state index is 0.0936. The highest BCUT2D eigenvalue weighted by molar-refractivity contribution is 6.05. The van der Waals surface area contributed by atoms with Crippen molar-refractivity contribution in [1.82, 2.24) is 0 Å². The molecule has 24 heavy (non-hydrogen) atoms. The molecule has 0 bridgehead atoms. The van der Waals surface area contributed by atoms with Gasteiger partial charge >= 0.3 is 0 Å². The molecule has 0 saturated carbocycles. The summed E-state index contributed by atoms with van der Waals surface area (Å²) < 4.78 is 15.9. The Balaban J connectivity index is 2.20. The molecular weight excluding hydrogens is 308 g/mol. The number of anilines is 1. The van der Waals surface area contributed by atoms with E-state index in [1.54, 1.807) is 30.3 Å². The summed E-state index contributed by atoms with van der Waals surface area (Å²) in [4.78, 5) is 12.4. The molecule has 0 unspecified atom stereocenters. The summed E-state index contributed by atoms with van der Waals surface area (Å²) in [5.74, 6) is 1.10. The first-order valence-electron chi connectivity index (χ1n) is 7.40. The molecule has 0 aliphatic rings. The highest BCUT2D eigenvalue weighted by Crippen LogP contribution is 2.29.